The Morgan fingerprint density at radius 1 is 0.557 bits per heavy atom. The zero-order valence-corrected chi connectivity index (χ0v) is 63.1. The van der Waals surface area contributed by atoms with Crippen molar-refractivity contribution in [1.29, 1.82) is 0 Å². The summed E-state index contributed by atoms with van der Waals surface area (Å²) in [5, 5.41) is 43.4. The van der Waals surface area contributed by atoms with Crippen molar-refractivity contribution < 1.29 is 163 Å². The van der Waals surface area contributed by atoms with E-state index in [0.717, 1.165) is 42.0 Å². The van der Waals surface area contributed by atoms with E-state index in [1.807, 2.05) is 24.3 Å². The molecule has 4 N–H and O–H groups in total. The number of carboxylic acid groups (broad SMARTS) is 3. The molecule has 2 aliphatic carbocycles. The number of alkyl halides is 1. The van der Waals surface area contributed by atoms with E-state index in [1.165, 1.54) is 65.2 Å². The molecule has 23 nitrogen and oxygen atoms in total. The monoisotopic (exact) mass is 1490 g/mol. The number of phenols is 1. The van der Waals surface area contributed by atoms with Crippen molar-refractivity contribution in [2.24, 2.45) is 0 Å². The normalized spacial score (nSPS) is 12.1. The number of aliphatic carboxylic acids is 3. The van der Waals surface area contributed by atoms with Crippen LogP contribution in [0.4, 0.5) is 0 Å². The van der Waals surface area contributed by atoms with E-state index < -0.39 is 41.2 Å². The number of methoxy groups -OCH3 is 6. The van der Waals surface area contributed by atoms with Gasteiger partial charge in [0.1, 0.15) is 0 Å². The fraction of sp³-hybridized carbons (Fsp3) is 0.421. The smallest absolute Gasteiger partial charge is 0.662 e. The second kappa shape index (κ2) is 55.5. The molecule has 0 amide bonds. The number of para-hydroxylation sites is 2. The maximum absolute atomic E-state index is 12.0. The molecule has 2 saturated carbocycles. The van der Waals surface area contributed by atoms with Crippen molar-refractivity contribution in [2.45, 2.75) is 114 Å². The van der Waals surface area contributed by atoms with Crippen molar-refractivity contribution in [2.75, 3.05) is 42.7 Å². The van der Waals surface area contributed by atoms with Gasteiger partial charge in [0.25, 0.3) is 6.47 Å². The predicted octanol–water partition coefficient (Wildman–Crippen LogP) is 7.46. The number of hydrogen-bond donors (Lipinski definition) is 4. The van der Waals surface area contributed by atoms with E-state index in [0.29, 0.717) is 34.1 Å². The maximum atomic E-state index is 12.0. The molecule has 0 spiro atoms. The van der Waals surface area contributed by atoms with Gasteiger partial charge in [-0.05, 0) is 105 Å². The Bertz CT molecular complexity index is 2680. The summed E-state index contributed by atoms with van der Waals surface area (Å²) in [5.41, 5.74) is 1.16. The van der Waals surface area contributed by atoms with Crippen LogP contribution in [-0.4, -0.2) is 190 Å². The molecule has 477 valence electrons. The number of esters is 2. The average Bonchev–Trinajstić information content (AvgIpc) is 4.35. The van der Waals surface area contributed by atoms with Crippen molar-refractivity contribution in [3.05, 3.63) is 95.6 Å². The Morgan fingerprint density at radius 2 is 0.864 bits per heavy atom. The molecule has 1 heterocycles. The minimum Gasteiger partial charge on any atom is -0.662 e. The molecular formula is C57H71AlBr2Cl3K2O23. The van der Waals surface area contributed by atoms with E-state index in [9.17, 15) is 43.5 Å². The van der Waals surface area contributed by atoms with Gasteiger partial charge >= 0.3 is 92.6 Å². The summed E-state index contributed by atoms with van der Waals surface area (Å²) in [5.74, 6) is -0.712. The predicted molar refractivity (Wildman–Crippen MR) is 331 cm³/mol. The Kier molecular flexibility index (Phi) is 57.6. The molecule has 7 rings (SSSR count). The molecular weight excluding hydrogens is 1420 g/mol. The summed E-state index contributed by atoms with van der Waals surface area (Å²) in [6, 6.07) is 21.5. The second-order valence-corrected chi connectivity index (χ2v) is 25.0. The number of halogens is 5. The van der Waals surface area contributed by atoms with Crippen LogP contribution in [0.1, 0.15) is 134 Å². The third kappa shape index (κ3) is 42.9. The van der Waals surface area contributed by atoms with Gasteiger partial charge in [0.05, 0.1) is 80.9 Å². The number of carboxylic acids is 3. The van der Waals surface area contributed by atoms with Gasteiger partial charge in [-0.3, -0.25) is 43.2 Å². The average molecular weight is 1500 g/mol. The number of aromatic hydroxyl groups is 1. The van der Waals surface area contributed by atoms with Crippen molar-refractivity contribution in [3.63, 3.8) is 0 Å². The van der Waals surface area contributed by atoms with E-state index in [2.05, 4.69) is 25.6 Å². The van der Waals surface area contributed by atoms with E-state index >= 15 is 0 Å². The molecule has 3 fully saturated rings. The van der Waals surface area contributed by atoms with Crippen LogP contribution in [0.15, 0.2) is 78.9 Å². The van der Waals surface area contributed by atoms with Gasteiger partial charge in [-0.1, -0.05) is 40.9 Å². The third-order valence-corrected chi connectivity index (χ3v) is 12.3. The van der Waals surface area contributed by atoms with E-state index in [1.54, 1.807) is 57.7 Å². The number of carbonyl (C=O) groups is 9. The van der Waals surface area contributed by atoms with Crippen LogP contribution in [0.2, 0.25) is 0 Å². The summed E-state index contributed by atoms with van der Waals surface area (Å²) >= 11 is 1.82. The Balaban J connectivity index is -0.000000483. The molecule has 4 aromatic rings. The SMILES string of the molecule is Br.BrC1CCCC1.COc1ccc(C(=O)CCC(=O)O)cc1O.COc1ccc(C(=O)CCC(=O)O)cc1OC.COc1ccc(C(=O)CCC(=O)O)cc1OC1CCCC1.COc1ccccc1OC.O=C1CCC(=O)O1.O=CO[O-].[Cl][Al]([Cl])[Cl].[K+].[K]. The van der Waals surface area contributed by atoms with Gasteiger partial charge < -0.3 is 68.5 Å². The second-order valence-electron chi connectivity index (χ2n) is 17.3. The van der Waals surface area contributed by atoms with Crippen LogP contribution in [0.5, 0.6) is 46.0 Å². The molecule has 0 atom stereocenters. The molecule has 3 aliphatic rings. The minimum atomic E-state index is -1.72. The number of ketones is 3. The zero-order valence-electron chi connectivity index (χ0n) is 50.1. The fourth-order valence-corrected chi connectivity index (χ4v) is 7.84. The van der Waals surface area contributed by atoms with Crippen molar-refractivity contribution in [1.82, 2.24) is 0 Å². The van der Waals surface area contributed by atoms with Gasteiger partial charge in [0, 0.05) is 92.2 Å². The molecule has 31 heteroatoms. The maximum Gasteiger partial charge on any atom is 1.00 e. The first kappa shape index (κ1) is 91.3. The summed E-state index contributed by atoms with van der Waals surface area (Å²) in [7, 11) is 24.0. The van der Waals surface area contributed by atoms with Gasteiger partial charge in [-0.15, -0.1) is 17.0 Å². The third-order valence-electron chi connectivity index (χ3n) is 11.4. The summed E-state index contributed by atoms with van der Waals surface area (Å²) in [4.78, 5) is 98.4. The topological polar surface area (TPSA) is 341 Å². The van der Waals surface area contributed by atoms with Crippen LogP contribution in [-0.2, 0) is 38.4 Å². The molecule has 1 saturated heterocycles. The van der Waals surface area contributed by atoms with E-state index in [4.69, 9.17) is 88.7 Å². The number of ether oxygens (including phenoxy) is 8. The van der Waals surface area contributed by atoms with E-state index in [-0.39, 0.29) is 218 Å². The largest absolute Gasteiger partial charge is 1.00 e. The van der Waals surface area contributed by atoms with Crippen LogP contribution < -0.4 is 89.8 Å². The van der Waals surface area contributed by atoms with Gasteiger partial charge in [0.15, 0.2) is 63.3 Å². The summed E-state index contributed by atoms with van der Waals surface area (Å²) in [6.07, 6.45) is 10.1. The number of hydrogen-bond acceptors (Lipinski definition) is 20. The Labute approximate surface area is 632 Å². The Hall–Kier alpha value is -3.09. The molecule has 1 aliphatic heterocycles. The molecule has 1 radical (unpaired) electrons. The minimum absolute atomic E-state index is 0. The number of carbonyl (C=O) groups excluding carboxylic acids is 6. The van der Waals surface area contributed by atoms with Crippen molar-refractivity contribution in [3.8, 4) is 46.0 Å². The van der Waals surface area contributed by atoms with Crippen LogP contribution >= 0.6 is 63.1 Å². The van der Waals surface area contributed by atoms with Crippen LogP contribution in [0, 0.1) is 0 Å². The van der Waals surface area contributed by atoms with Crippen molar-refractivity contribution >= 4 is 179 Å². The number of phenolic OH excluding ortho intramolecular Hbond substituents is 1. The molecule has 0 aromatic heterocycles. The first-order valence-electron chi connectivity index (χ1n) is 25.8. The number of Topliss-reactive ketones (excluding diaryl/α,β-unsaturated/α-hetero) is 3. The molecule has 88 heavy (non-hydrogen) atoms. The number of rotatable bonds is 21. The number of cyclic esters (lactones) is 2. The quantitative estimate of drug-likeness (QED) is 0.00918. The standard InChI is InChI=1S/C16H20O5.C12H14O5.C11H12O5.C8H10O2.C5H9Br.C4H4O3.CH2O3.Al.BrH.3ClH.2K/c1-20-14-8-6-11(13(17)7-9-16(18)19)10-15(14)21-12-4-2-3-5-12;1-16-10-5-3-8(7-11(10)17-2)9(13)4-6-12(14)15;1-16-10-4-2-7(6-9(10)13)8(12)3-5-11(14)15;1-9-7-5-3-4-6-8(7)10-2;6-5-3-1-2-4-5;5-3-1-2-4(6)7-3;2-1-4-3;;;;;;;/h6,8,10,12H,2-5,7,9H2,1H3,(H,18,19);3,5,7H,4,6H2,1-2H3,(H,14,15);2,4,6,13H,3,5H2,1H3,(H,14,15);3-6H,1-2H3;5H,1-4H2;1-2H2;1,3H;;4*1H;;/q;;;;;;;+3;;;;;;+1/p-4. The summed E-state index contributed by atoms with van der Waals surface area (Å²) in [6.45, 7) is -0.181. The zero-order chi connectivity index (χ0) is 64.3. The molecule has 4 aromatic carbocycles. The van der Waals surface area contributed by atoms with Gasteiger partial charge in [-0.25, -0.2) is 30.1 Å². The first-order valence-corrected chi connectivity index (χ1v) is 32.0. The molecule has 0 unspecified atom stereocenters. The molecule has 0 bridgehead atoms. The van der Waals surface area contributed by atoms with Crippen LogP contribution in [0.3, 0.4) is 0 Å². The summed E-state index contributed by atoms with van der Waals surface area (Å²) < 4.78 is 40.2. The van der Waals surface area contributed by atoms with Crippen LogP contribution in [0.25, 0.3) is 0 Å². The number of benzene rings is 4. The fourth-order valence-electron chi connectivity index (χ4n) is 7.19. The van der Waals surface area contributed by atoms with Gasteiger partial charge in [0.2, 0.25) is 0 Å². The van der Waals surface area contributed by atoms with Gasteiger partial charge in [-0.2, -0.15) is 0 Å². The first-order chi connectivity index (χ1) is 40.4. The Morgan fingerprint density at radius 3 is 1.15 bits per heavy atom.